The maximum absolute atomic E-state index is 12.6. The van der Waals surface area contributed by atoms with Crippen molar-refractivity contribution in [1.29, 1.82) is 5.26 Å². The van der Waals surface area contributed by atoms with Gasteiger partial charge >= 0.3 is 5.97 Å². The van der Waals surface area contributed by atoms with Crippen molar-refractivity contribution in [3.05, 3.63) is 59.2 Å². The van der Waals surface area contributed by atoms with Gasteiger partial charge in [0.15, 0.2) is 11.5 Å². The maximum Gasteiger partial charge on any atom is 0.305 e. The summed E-state index contributed by atoms with van der Waals surface area (Å²) >= 11 is 0. The van der Waals surface area contributed by atoms with E-state index >= 15 is 0 Å². The van der Waals surface area contributed by atoms with E-state index in [9.17, 15) is 20.0 Å². The third-order valence-electron chi connectivity index (χ3n) is 4.23. The van der Waals surface area contributed by atoms with E-state index in [2.05, 4.69) is 11.4 Å². The molecule has 7 nitrogen and oxygen atoms in total. The SMILES string of the molecule is COc1cccc(CC(=O)N[C@@H](CC(=O)O)Cc2ccccc2C#N)c1OC. The van der Waals surface area contributed by atoms with Gasteiger partial charge in [-0.3, -0.25) is 9.59 Å². The highest BCUT2D eigenvalue weighted by atomic mass is 16.5. The molecule has 0 saturated heterocycles. The zero-order valence-electron chi connectivity index (χ0n) is 15.8. The summed E-state index contributed by atoms with van der Waals surface area (Å²) in [5, 5.41) is 21.2. The van der Waals surface area contributed by atoms with Crippen LogP contribution in [0.4, 0.5) is 0 Å². The van der Waals surface area contributed by atoms with Crippen LogP contribution in [-0.4, -0.2) is 37.2 Å². The van der Waals surface area contributed by atoms with E-state index in [0.717, 1.165) is 0 Å². The van der Waals surface area contributed by atoms with Gasteiger partial charge in [-0.25, -0.2) is 0 Å². The van der Waals surface area contributed by atoms with Gasteiger partial charge in [-0.2, -0.15) is 5.26 Å². The van der Waals surface area contributed by atoms with E-state index in [1.165, 1.54) is 14.2 Å². The number of aliphatic carboxylic acids is 1. The standard InChI is InChI=1S/C21H22N2O5/c1-27-18-9-5-8-15(21(18)28-2)11-19(24)23-17(12-20(25)26)10-14-6-3-4-7-16(14)13-22/h3-9,17H,10-12H2,1-2H3,(H,23,24)(H,25,26)/t17-/m1/s1. The smallest absolute Gasteiger partial charge is 0.305 e. The fourth-order valence-electron chi connectivity index (χ4n) is 3.00. The van der Waals surface area contributed by atoms with Gasteiger partial charge in [0, 0.05) is 11.6 Å². The predicted molar refractivity (Wildman–Crippen MR) is 102 cm³/mol. The first-order valence-electron chi connectivity index (χ1n) is 8.67. The number of hydrogen-bond donors (Lipinski definition) is 2. The number of carboxylic acid groups (broad SMARTS) is 1. The molecule has 0 radical (unpaired) electrons. The summed E-state index contributed by atoms with van der Waals surface area (Å²) < 4.78 is 10.6. The topological polar surface area (TPSA) is 109 Å². The van der Waals surface area contributed by atoms with Crippen LogP contribution in [0.3, 0.4) is 0 Å². The van der Waals surface area contributed by atoms with Crippen molar-refractivity contribution in [2.45, 2.75) is 25.3 Å². The summed E-state index contributed by atoms with van der Waals surface area (Å²) in [5.41, 5.74) is 1.78. The Morgan fingerprint density at radius 2 is 1.82 bits per heavy atom. The minimum absolute atomic E-state index is 0.0103. The molecule has 146 valence electrons. The van der Waals surface area contributed by atoms with Crippen LogP contribution >= 0.6 is 0 Å². The van der Waals surface area contributed by atoms with Crippen LogP contribution < -0.4 is 14.8 Å². The van der Waals surface area contributed by atoms with Crippen LogP contribution in [-0.2, 0) is 22.4 Å². The molecule has 0 aromatic heterocycles. The molecule has 1 atom stereocenters. The van der Waals surface area contributed by atoms with Gasteiger partial charge in [0.05, 0.1) is 38.7 Å². The van der Waals surface area contributed by atoms with Gasteiger partial charge < -0.3 is 19.9 Å². The Labute approximate surface area is 163 Å². The van der Waals surface area contributed by atoms with Crippen LogP contribution in [0.5, 0.6) is 11.5 Å². The number of nitrogens with zero attached hydrogens (tertiary/aromatic N) is 1. The van der Waals surface area contributed by atoms with Crippen molar-refractivity contribution in [2.24, 2.45) is 0 Å². The molecule has 0 saturated carbocycles. The molecule has 2 aromatic rings. The number of amides is 1. The summed E-state index contributed by atoms with van der Waals surface area (Å²) in [4.78, 5) is 23.8. The second-order valence-electron chi connectivity index (χ2n) is 6.16. The molecule has 0 unspecified atom stereocenters. The zero-order chi connectivity index (χ0) is 20.5. The average molecular weight is 382 g/mol. The Morgan fingerprint density at radius 3 is 2.46 bits per heavy atom. The Kier molecular flexibility index (Phi) is 7.40. The van der Waals surface area contributed by atoms with Gasteiger partial charge in [-0.05, 0) is 24.1 Å². The number of nitriles is 1. The molecule has 0 aliphatic heterocycles. The van der Waals surface area contributed by atoms with E-state index in [-0.39, 0.29) is 25.2 Å². The van der Waals surface area contributed by atoms with Crippen molar-refractivity contribution >= 4 is 11.9 Å². The van der Waals surface area contributed by atoms with Crippen LogP contribution in [0.1, 0.15) is 23.1 Å². The number of carbonyl (C=O) groups excluding carboxylic acids is 1. The van der Waals surface area contributed by atoms with Gasteiger partial charge in [-0.1, -0.05) is 30.3 Å². The van der Waals surface area contributed by atoms with Crippen LogP contribution in [0, 0.1) is 11.3 Å². The number of methoxy groups -OCH3 is 2. The summed E-state index contributed by atoms with van der Waals surface area (Å²) in [6, 6.07) is 13.6. The maximum atomic E-state index is 12.6. The van der Waals surface area contributed by atoms with Crippen molar-refractivity contribution in [3.63, 3.8) is 0 Å². The van der Waals surface area contributed by atoms with E-state index in [0.29, 0.717) is 28.2 Å². The van der Waals surface area contributed by atoms with E-state index < -0.39 is 12.0 Å². The predicted octanol–water partition coefficient (Wildman–Crippen LogP) is 2.32. The quantitative estimate of drug-likeness (QED) is 0.689. The van der Waals surface area contributed by atoms with E-state index in [1.54, 1.807) is 42.5 Å². The third kappa shape index (κ3) is 5.48. The first-order chi connectivity index (χ1) is 13.5. The number of hydrogen-bond acceptors (Lipinski definition) is 5. The highest BCUT2D eigenvalue weighted by Crippen LogP contribution is 2.30. The summed E-state index contributed by atoms with van der Waals surface area (Å²) in [7, 11) is 3.00. The first-order valence-corrected chi connectivity index (χ1v) is 8.67. The number of carbonyl (C=O) groups is 2. The largest absolute Gasteiger partial charge is 0.493 e. The number of benzene rings is 2. The minimum Gasteiger partial charge on any atom is -0.493 e. The lowest BCUT2D eigenvalue weighted by Gasteiger charge is -2.18. The molecular weight excluding hydrogens is 360 g/mol. The average Bonchev–Trinajstić information content (AvgIpc) is 2.67. The van der Waals surface area contributed by atoms with Gasteiger partial charge in [0.25, 0.3) is 0 Å². The molecular formula is C21H22N2O5. The Morgan fingerprint density at radius 1 is 1.11 bits per heavy atom. The van der Waals surface area contributed by atoms with Crippen LogP contribution in [0.25, 0.3) is 0 Å². The highest BCUT2D eigenvalue weighted by Gasteiger charge is 2.20. The minimum atomic E-state index is -1.03. The number of carboxylic acids is 1. The summed E-state index contributed by atoms with van der Waals surface area (Å²) in [5.74, 6) is -0.395. The fourth-order valence-corrected chi connectivity index (χ4v) is 3.00. The third-order valence-corrected chi connectivity index (χ3v) is 4.23. The van der Waals surface area contributed by atoms with Crippen molar-refractivity contribution < 1.29 is 24.2 Å². The Bertz CT molecular complexity index is 889. The summed E-state index contributed by atoms with van der Waals surface area (Å²) in [6.07, 6.45) is 0.00809. The lowest BCUT2D eigenvalue weighted by Crippen LogP contribution is -2.39. The molecule has 2 aromatic carbocycles. The van der Waals surface area contributed by atoms with Crippen LogP contribution in [0.15, 0.2) is 42.5 Å². The molecule has 28 heavy (non-hydrogen) atoms. The Hall–Kier alpha value is -3.53. The number of rotatable bonds is 9. The molecule has 2 N–H and O–H groups in total. The van der Waals surface area contributed by atoms with Crippen molar-refractivity contribution in [2.75, 3.05) is 14.2 Å². The van der Waals surface area contributed by atoms with Crippen molar-refractivity contribution in [1.82, 2.24) is 5.32 Å². The second-order valence-corrected chi connectivity index (χ2v) is 6.16. The molecule has 0 bridgehead atoms. The van der Waals surface area contributed by atoms with Gasteiger partial charge in [0.2, 0.25) is 5.91 Å². The second kappa shape index (κ2) is 9.97. The molecule has 7 heteroatoms. The molecule has 0 heterocycles. The number of ether oxygens (including phenoxy) is 2. The normalized spacial score (nSPS) is 11.2. The lowest BCUT2D eigenvalue weighted by atomic mass is 9.98. The molecule has 1 amide bonds. The molecule has 0 aliphatic rings. The Balaban J connectivity index is 2.15. The zero-order valence-corrected chi connectivity index (χ0v) is 15.8. The fraction of sp³-hybridized carbons (Fsp3) is 0.286. The van der Waals surface area contributed by atoms with E-state index in [1.807, 2.05) is 0 Å². The highest BCUT2D eigenvalue weighted by molar-refractivity contribution is 5.81. The first kappa shape index (κ1) is 20.8. The molecule has 0 spiro atoms. The summed E-state index contributed by atoms with van der Waals surface area (Å²) in [6.45, 7) is 0. The van der Waals surface area contributed by atoms with Crippen LogP contribution in [0.2, 0.25) is 0 Å². The number of para-hydroxylation sites is 1. The molecule has 0 fully saturated rings. The lowest BCUT2D eigenvalue weighted by molar-refractivity contribution is -0.137. The van der Waals surface area contributed by atoms with Gasteiger partial charge in [0.1, 0.15) is 0 Å². The molecule has 2 rings (SSSR count). The number of nitrogens with one attached hydrogen (secondary N) is 1. The molecule has 0 aliphatic carbocycles. The van der Waals surface area contributed by atoms with E-state index in [4.69, 9.17) is 9.47 Å². The van der Waals surface area contributed by atoms with Gasteiger partial charge in [-0.15, -0.1) is 0 Å². The monoisotopic (exact) mass is 382 g/mol. The van der Waals surface area contributed by atoms with Crippen molar-refractivity contribution in [3.8, 4) is 17.6 Å².